The molecule has 1 amide bonds. The van der Waals surface area contributed by atoms with E-state index in [1.54, 1.807) is 6.07 Å². The number of anilines is 3. The minimum absolute atomic E-state index is 0.290. The fourth-order valence-corrected chi connectivity index (χ4v) is 1.89. The van der Waals surface area contributed by atoms with Crippen molar-refractivity contribution in [3.63, 3.8) is 0 Å². The number of amides is 1. The smallest absolute Gasteiger partial charge is 0.258 e. The van der Waals surface area contributed by atoms with Gasteiger partial charge in [-0.3, -0.25) is 9.59 Å². The molecular weight excluding hydrogens is 294 g/mol. The summed E-state index contributed by atoms with van der Waals surface area (Å²) >= 11 is 0. The standard InChI is InChI=1S/C16H13N5O2/c22-14-8-13(6-7-17-14)20-15(23)11-9-18-16(19-10-11)21-12-4-2-1-3-5-12/h1-10H,(H,18,19,21)(H2,17,20,22,23). The Balaban J connectivity index is 1.69. The van der Waals surface area contributed by atoms with Gasteiger partial charge in [0.2, 0.25) is 11.5 Å². The molecule has 0 radical (unpaired) electrons. The van der Waals surface area contributed by atoms with Gasteiger partial charge in [-0.1, -0.05) is 18.2 Å². The maximum Gasteiger partial charge on any atom is 0.258 e. The number of aromatic amines is 1. The highest BCUT2D eigenvalue weighted by atomic mass is 16.1. The summed E-state index contributed by atoms with van der Waals surface area (Å²) < 4.78 is 0. The highest BCUT2D eigenvalue weighted by Gasteiger charge is 2.08. The molecule has 3 rings (SSSR count). The van der Waals surface area contributed by atoms with Crippen molar-refractivity contribution in [2.45, 2.75) is 0 Å². The Hall–Kier alpha value is -3.48. The molecule has 1 aromatic carbocycles. The number of benzene rings is 1. The van der Waals surface area contributed by atoms with Crippen LogP contribution in [0.3, 0.4) is 0 Å². The molecular formula is C16H13N5O2. The van der Waals surface area contributed by atoms with Gasteiger partial charge in [-0.25, -0.2) is 9.97 Å². The van der Waals surface area contributed by atoms with Crippen LogP contribution in [0.1, 0.15) is 10.4 Å². The van der Waals surface area contributed by atoms with E-state index in [1.165, 1.54) is 24.7 Å². The van der Waals surface area contributed by atoms with Crippen LogP contribution in [-0.2, 0) is 0 Å². The van der Waals surface area contributed by atoms with Gasteiger partial charge in [-0.15, -0.1) is 0 Å². The third-order valence-electron chi connectivity index (χ3n) is 2.98. The van der Waals surface area contributed by atoms with E-state index in [0.29, 0.717) is 17.2 Å². The summed E-state index contributed by atoms with van der Waals surface area (Å²) in [6, 6.07) is 12.4. The van der Waals surface area contributed by atoms with E-state index in [0.717, 1.165) is 5.69 Å². The number of carbonyl (C=O) groups excluding carboxylic acids is 1. The lowest BCUT2D eigenvalue weighted by Crippen LogP contribution is -2.15. The van der Waals surface area contributed by atoms with E-state index in [9.17, 15) is 9.59 Å². The third kappa shape index (κ3) is 3.79. The Morgan fingerprint density at radius 1 is 1.00 bits per heavy atom. The topological polar surface area (TPSA) is 99.8 Å². The first-order chi connectivity index (χ1) is 11.2. The van der Waals surface area contributed by atoms with Gasteiger partial charge in [0.1, 0.15) is 0 Å². The fraction of sp³-hybridized carbons (Fsp3) is 0. The SMILES string of the molecule is O=C(Nc1cc[nH]c(=O)c1)c1cnc(Nc2ccccc2)nc1. The van der Waals surface area contributed by atoms with Crippen molar-refractivity contribution in [3.05, 3.63) is 77.0 Å². The molecule has 23 heavy (non-hydrogen) atoms. The van der Waals surface area contributed by atoms with Crippen LogP contribution in [0.5, 0.6) is 0 Å². The van der Waals surface area contributed by atoms with Crippen molar-refractivity contribution < 1.29 is 4.79 Å². The van der Waals surface area contributed by atoms with Crippen molar-refractivity contribution in [1.82, 2.24) is 15.0 Å². The number of hydrogen-bond acceptors (Lipinski definition) is 5. The van der Waals surface area contributed by atoms with E-state index >= 15 is 0 Å². The highest BCUT2D eigenvalue weighted by molar-refractivity contribution is 6.03. The van der Waals surface area contributed by atoms with Crippen molar-refractivity contribution in [3.8, 4) is 0 Å². The third-order valence-corrected chi connectivity index (χ3v) is 2.98. The van der Waals surface area contributed by atoms with E-state index in [1.807, 2.05) is 30.3 Å². The van der Waals surface area contributed by atoms with Gasteiger partial charge in [0, 0.05) is 36.0 Å². The van der Waals surface area contributed by atoms with E-state index in [2.05, 4.69) is 25.6 Å². The molecule has 3 aromatic rings. The molecule has 0 atom stereocenters. The van der Waals surface area contributed by atoms with Crippen molar-refractivity contribution >= 4 is 23.2 Å². The quantitative estimate of drug-likeness (QED) is 0.686. The predicted molar refractivity (Wildman–Crippen MR) is 86.8 cm³/mol. The van der Waals surface area contributed by atoms with Crippen LogP contribution in [0.15, 0.2) is 65.8 Å². The van der Waals surface area contributed by atoms with Gasteiger partial charge in [0.05, 0.1) is 5.56 Å². The molecule has 7 heteroatoms. The molecule has 0 spiro atoms. The van der Waals surface area contributed by atoms with Crippen LogP contribution in [0.4, 0.5) is 17.3 Å². The van der Waals surface area contributed by atoms with Gasteiger partial charge in [-0.05, 0) is 18.2 Å². The number of hydrogen-bond donors (Lipinski definition) is 3. The fourth-order valence-electron chi connectivity index (χ4n) is 1.89. The van der Waals surface area contributed by atoms with Crippen molar-refractivity contribution in [2.75, 3.05) is 10.6 Å². The summed E-state index contributed by atoms with van der Waals surface area (Å²) in [6.07, 6.45) is 4.29. The Morgan fingerprint density at radius 3 is 2.43 bits per heavy atom. The first kappa shape index (κ1) is 14.5. The molecule has 0 unspecified atom stereocenters. The highest BCUT2D eigenvalue weighted by Crippen LogP contribution is 2.12. The van der Waals surface area contributed by atoms with Crippen LogP contribution in [0.2, 0.25) is 0 Å². The first-order valence-corrected chi connectivity index (χ1v) is 6.85. The zero-order valence-corrected chi connectivity index (χ0v) is 12.0. The Morgan fingerprint density at radius 2 is 1.74 bits per heavy atom. The molecule has 0 bridgehead atoms. The lowest BCUT2D eigenvalue weighted by Gasteiger charge is -2.06. The number of nitrogens with one attached hydrogen (secondary N) is 3. The summed E-state index contributed by atoms with van der Waals surface area (Å²) in [5.41, 5.74) is 1.27. The molecule has 0 fully saturated rings. The molecule has 7 nitrogen and oxygen atoms in total. The van der Waals surface area contributed by atoms with Crippen molar-refractivity contribution in [2.24, 2.45) is 0 Å². The Bertz CT molecular complexity index is 859. The minimum atomic E-state index is -0.387. The number of H-pyrrole nitrogens is 1. The molecule has 0 saturated carbocycles. The summed E-state index contributed by atoms with van der Waals surface area (Å²) in [7, 11) is 0. The average molecular weight is 307 g/mol. The summed E-state index contributed by atoms with van der Waals surface area (Å²) in [5.74, 6) is 0.00534. The first-order valence-electron chi connectivity index (χ1n) is 6.85. The average Bonchev–Trinajstić information content (AvgIpc) is 2.56. The van der Waals surface area contributed by atoms with Gasteiger partial charge < -0.3 is 15.6 Å². The van der Waals surface area contributed by atoms with E-state index in [4.69, 9.17) is 0 Å². The molecule has 2 aromatic heterocycles. The van der Waals surface area contributed by atoms with E-state index < -0.39 is 0 Å². The Kier molecular flexibility index (Phi) is 4.10. The number of pyridine rings is 1. The van der Waals surface area contributed by atoms with Crippen LogP contribution in [-0.4, -0.2) is 20.9 Å². The Labute approximate surface area is 131 Å². The molecule has 0 saturated heterocycles. The lowest BCUT2D eigenvalue weighted by molar-refractivity contribution is 0.102. The van der Waals surface area contributed by atoms with Gasteiger partial charge in [-0.2, -0.15) is 0 Å². The summed E-state index contributed by atoms with van der Waals surface area (Å²) in [4.78, 5) is 33.9. The number of carbonyl (C=O) groups is 1. The zero-order chi connectivity index (χ0) is 16.1. The normalized spacial score (nSPS) is 10.1. The van der Waals surface area contributed by atoms with Gasteiger partial charge in [0.15, 0.2) is 0 Å². The lowest BCUT2D eigenvalue weighted by atomic mass is 10.3. The molecule has 3 N–H and O–H groups in total. The predicted octanol–water partition coefficient (Wildman–Crippen LogP) is 2.16. The largest absolute Gasteiger partial charge is 0.329 e. The zero-order valence-electron chi connectivity index (χ0n) is 12.0. The second-order valence-corrected chi connectivity index (χ2v) is 4.68. The van der Waals surface area contributed by atoms with Crippen molar-refractivity contribution in [1.29, 1.82) is 0 Å². The molecule has 0 aliphatic heterocycles. The number of aromatic nitrogens is 3. The second kappa shape index (κ2) is 6.52. The second-order valence-electron chi connectivity index (χ2n) is 4.68. The monoisotopic (exact) mass is 307 g/mol. The summed E-state index contributed by atoms with van der Waals surface area (Å²) in [6.45, 7) is 0. The summed E-state index contributed by atoms with van der Waals surface area (Å²) in [5, 5.41) is 5.64. The number of nitrogens with zero attached hydrogens (tertiary/aromatic N) is 2. The van der Waals surface area contributed by atoms with Crippen LogP contribution >= 0.6 is 0 Å². The maximum atomic E-state index is 12.1. The van der Waals surface area contributed by atoms with Crippen LogP contribution in [0.25, 0.3) is 0 Å². The van der Waals surface area contributed by atoms with Crippen LogP contribution < -0.4 is 16.2 Å². The molecule has 2 heterocycles. The maximum absolute atomic E-state index is 12.1. The van der Waals surface area contributed by atoms with Crippen LogP contribution in [0, 0.1) is 0 Å². The number of rotatable bonds is 4. The van der Waals surface area contributed by atoms with E-state index in [-0.39, 0.29) is 11.5 Å². The molecule has 0 aliphatic carbocycles. The van der Waals surface area contributed by atoms with Gasteiger partial charge >= 0.3 is 0 Å². The number of para-hydroxylation sites is 1. The minimum Gasteiger partial charge on any atom is -0.329 e. The molecule has 0 aliphatic rings. The van der Waals surface area contributed by atoms with Gasteiger partial charge in [0.25, 0.3) is 5.91 Å². The molecule has 114 valence electrons.